The molecule has 20 heavy (non-hydrogen) atoms. The highest BCUT2D eigenvalue weighted by molar-refractivity contribution is 9.10. The second-order valence-electron chi connectivity index (χ2n) is 5.84. The Morgan fingerprint density at radius 3 is 2.50 bits per heavy atom. The summed E-state index contributed by atoms with van der Waals surface area (Å²) in [7, 11) is 0. The van der Waals surface area contributed by atoms with Gasteiger partial charge in [-0.25, -0.2) is 0 Å². The Hall–Kier alpha value is -0.710. The number of benzene rings is 1. The van der Waals surface area contributed by atoms with Gasteiger partial charge in [-0.15, -0.1) is 0 Å². The minimum absolute atomic E-state index is 0.242. The maximum atomic E-state index is 12.8. The van der Waals surface area contributed by atoms with Gasteiger partial charge in [-0.2, -0.15) is 13.2 Å². The molecule has 3 atom stereocenters. The molecule has 2 rings (SSSR count). The monoisotopic (exact) mass is 349 g/mol. The van der Waals surface area contributed by atoms with Gasteiger partial charge in [0.1, 0.15) is 0 Å². The highest BCUT2D eigenvalue weighted by Crippen LogP contribution is 2.36. The summed E-state index contributed by atoms with van der Waals surface area (Å²) >= 11 is 3.33. The smallest absolute Gasteiger partial charge is 0.381 e. The van der Waals surface area contributed by atoms with Gasteiger partial charge in [-0.1, -0.05) is 13.8 Å². The third-order valence-corrected chi connectivity index (χ3v) is 4.76. The molecule has 1 aromatic carbocycles. The van der Waals surface area contributed by atoms with Crippen LogP contribution in [0.3, 0.4) is 0 Å². The molecule has 1 saturated carbocycles. The van der Waals surface area contributed by atoms with Crippen LogP contribution >= 0.6 is 15.9 Å². The molecule has 0 aliphatic heterocycles. The first-order valence-corrected chi connectivity index (χ1v) is 7.70. The highest BCUT2D eigenvalue weighted by Gasteiger charge is 2.31. The Labute approximate surface area is 126 Å². The number of hydrogen-bond acceptors (Lipinski definition) is 1. The van der Waals surface area contributed by atoms with Crippen molar-refractivity contribution in [1.82, 2.24) is 0 Å². The molecule has 112 valence electrons. The Kier molecular flexibility index (Phi) is 4.67. The summed E-state index contributed by atoms with van der Waals surface area (Å²) in [6.45, 7) is 4.39. The number of hydrogen-bond donors (Lipinski definition) is 1. The normalized spacial score (nSPS) is 27.4. The van der Waals surface area contributed by atoms with Gasteiger partial charge in [0.25, 0.3) is 0 Å². The van der Waals surface area contributed by atoms with Crippen molar-refractivity contribution in [2.75, 3.05) is 5.32 Å². The number of anilines is 1. The van der Waals surface area contributed by atoms with Crippen molar-refractivity contribution in [3.05, 3.63) is 28.2 Å². The van der Waals surface area contributed by atoms with Gasteiger partial charge in [0.2, 0.25) is 0 Å². The molecular weight excluding hydrogens is 331 g/mol. The van der Waals surface area contributed by atoms with Crippen LogP contribution in [0.2, 0.25) is 0 Å². The molecule has 0 amide bonds. The third kappa shape index (κ3) is 3.68. The van der Waals surface area contributed by atoms with E-state index in [9.17, 15) is 13.2 Å². The number of nitrogens with one attached hydrogen (secondary N) is 1. The molecule has 0 heterocycles. The molecule has 1 fully saturated rings. The van der Waals surface area contributed by atoms with Crippen LogP contribution < -0.4 is 5.32 Å². The molecular formula is C15H19BrF3N. The molecule has 5 heteroatoms. The Morgan fingerprint density at radius 2 is 1.90 bits per heavy atom. The predicted molar refractivity (Wildman–Crippen MR) is 78.7 cm³/mol. The topological polar surface area (TPSA) is 12.0 Å². The molecule has 0 radical (unpaired) electrons. The fourth-order valence-corrected chi connectivity index (χ4v) is 3.25. The first-order valence-electron chi connectivity index (χ1n) is 6.90. The van der Waals surface area contributed by atoms with Crippen LogP contribution in [0.15, 0.2) is 22.7 Å². The van der Waals surface area contributed by atoms with E-state index >= 15 is 0 Å². The van der Waals surface area contributed by atoms with Crippen LogP contribution in [0.5, 0.6) is 0 Å². The summed E-state index contributed by atoms with van der Waals surface area (Å²) in [6, 6.07) is 3.99. The van der Waals surface area contributed by atoms with E-state index in [2.05, 4.69) is 35.1 Å². The molecule has 0 spiro atoms. The Balaban J connectivity index is 2.16. The lowest BCUT2D eigenvalue weighted by atomic mass is 9.80. The van der Waals surface area contributed by atoms with Crippen LogP contribution in [0, 0.1) is 11.8 Å². The van der Waals surface area contributed by atoms with E-state index in [1.807, 2.05) is 0 Å². The largest absolute Gasteiger partial charge is 0.416 e. The van der Waals surface area contributed by atoms with Crippen molar-refractivity contribution < 1.29 is 13.2 Å². The third-order valence-electron chi connectivity index (χ3n) is 4.07. The van der Waals surface area contributed by atoms with E-state index < -0.39 is 11.7 Å². The standard InChI is InChI=1S/C15H19BrF3N/c1-9-3-6-13(10(2)7-9)20-14-8-11(15(17,18)19)4-5-12(14)16/h4-5,8-10,13,20H,3,6-7H2,1-2H3. The molecule has 0 aromatic heterocycles. The zero-order chi connectivity index (χ0) is 14.9. The summed E-state index contributed by atoms with van der Waals surface area (Å²) in [5.74, 6) is 1.17. The van der Waals surface area contributed by atoms with E-state index in [4.69, 9.17) is 0 Å². The first-order chi connectivity index (χ1) is 9.27. The summed E-state index contributed by atoms with van der Waals surface area (Å²) in [5, 5.41) is 3.29. The molecule has 1 aromatic rings. The van der Waals surface area contributed by atoms with Gasteiger partial charge in [0.15, 0.2) is 0 Å². The lowest BCUT2D eigenvalue weighted by Crippen LogP contribution is -2.33. The quantitative estimate of drug-likeness (QED) is 0.721. The number of halogens is 4. The van der Waals surface area contributed by atoms with Crippen LogP contribution in [-0.2, 0) is 6.18 Å². The van der Waals surface area contributed by atoms with Crippen molar-refractivity contribution >= 4 is 21.6 Å². The zero-order valence-corrected chi connectivity index (χ0v) is 13.2. The summed E-state index contributed by atoms with van der Waals surface area (Å²) in [6.07, 6.45) is -1.05. The van der Waals surface area contributed by atoms with Gasteiger partial charge < -0.3 is 5.32 Å². The van der Waals surface area contributed by atoms with Gasteiger partial charge in [0.05, 0.1) is 5.56 Å². The van der Waals surface area contributed by atoms with Crippen LogP contribution in [-0.4, -0.2) is 6.04 Å². The molecule has 1 nitrogen and oxygen atoms in total. The maximum Gasteiger partial charge on any atom is 0.416 e. The van der Waals surface area contributed by atoms with Crippen molar-refractivity contribution in [1.29, 1.82) is 0 Å². The summed E-state index contributed by atoms with van der Waals surface area (Å²) < 4.78 is 39.0. The number of rotatable bonds is 2. The fourth-order valence-electron chi connectivity index (χ4n) is 2.89. The minimum Gasteiger partial charge on any atom is -0.381 e. The van der Waals surface area contributed by atoms with Crippen molar-refractivity contribution in [2.24, 2.45) is 11.8 Å². The maximum absolute atomic E-state index is 12.8. The van der Waals surface area contributed by atoms with Crippen molar-refractivity contribution in [3.8, 4) is 0 Å². The Bertz CT molecular complexity index is 473. The lowest BCUT2D eigenvalue weighted by Gasteiger charge is -2.34. The Morgan fingerprint density at radius 1 is 1.20 bits per heavy atom. The van der Waals surface area contributed by atoms with Gasteiger partial charge in [-0.3, -0.25) is 0 Å². The minimum atomic E-state index is -4.30. The van der Waals surface area contributed by atoms with E-state index in [1.54, 1.807) is 0 Å². The van der Waals surface area contributed by atoms with Crippen LogP contribution in [0.4, 0.5) is 18.9 Å². The average Bonchev–Trinajstić information content (AvgIpc) is 2.33. The fraction of sp³-hybridized carbons (Fsp3) is 0.600. The number of alkyl halides is 3. The predicted octanol–water partition coefficient (Wildman–Crippen LogP) is 5.70. The van der Waals surface area contributed by atoms with Gasteiger partial charge >= 0.3 is 6.18 Å². The molecule has 1 aliphatic carbocycles. The van der Waals surface area contributed by atoms with E-state index in [1.165, 1.54) is 12.1 Å². The molecule has 3 unspecified atom stereocenters. The lowest BCUT2D eigenvalue weighted by molar-refractivity contribution is -0.137. The van der Waals surface area contributed by atoms with Gasteiger partial charge in [0, 0.05) is 16.2 Å². The van der Waals surface area contributed by atoms with Gasteiger partial charge in [-0.05, 0) is 65.2 Å². The van der Waals surface area contributed by atoms with Crippen LogP contribution in [0.25, 0.3) is 0 Å². The van der Waals surface area contributed by atoms with E-state index in [-0.39, 0.29) is 6.04 Å². The van der Waals surface area contributed by atoms with Crippen molar-refractivity contribution in [3.63, 3.8) is 0 Å². The summed E-state index contributed by atoms with van der Waals surface area (Å²) in [5.41, 5.74) is -0.0775. The molecule has 0 bridgehead atoms. The molecule has 0 saturated heterocycles. The SMILES string of the molecule is CC1CCC(Nc2cc(C(F)(F)F)ccc2Br)C(C)C1. The van der Waals surface area contributed by atoms with E-state index in [0.717, 1.165) is 25.3 Å². The molecule has 1 aliphatic rings. The highest BCUT2D eigenvalue weighted by atomic mass is 79.9. The second-order valence-corrected chi connectivity index (χ2v) is 6.69. The van der Waals surface area contributed by atoms with Crippen molar-refractivity contribution in [2.45, 2.75) is 45.3 Å². The zero-order valence-electron chi connectivity index (χ0n) is 11.6. The molecule has 1 N–H and O–H groups in total. The summed E-state index contributed by atoms with van der Waals surface area (Å²) in [4.78, 5) is 0. The second kappa shape index (κ2) is 5.96. The average molecular weight is 350 g/mol. The van der Waals surface area contributed by atoms with Crippen LogP contribution in [0.1, 0.15) is 38.7 Å². The van der Waals surface area contributed by atoms with E-state index in [0.29, 0.717) is 22.0 Å². The first kappa shape index (κ1) is 15.7.